The molecular weight excluding hydrogens is 430 g/mol. The molecule has 1 aliphatic heterocycles. The summed E-state index contributed by atoms with van der Waals surface area (Å²) in [4.78, 5) is 21.8. The van der Waals surface area contributed by atoms with E-state index in [2.05, 4.69) is 20.6 Å². The number of hydrogen-bond acceptors (Lipinski definition) is 6. The first-order valence-corrected chi connectivity index (χ1v) is 10.9. The van der Waals surface area contributed by atoms with Crippen molar-refractivity contribution in [2.24, 2.45) is 0 Å². The summed E-state index contributed by atoms with van der Waals surface area (Å²) < 4.78 is 7.30. The lowest BCUT2D eigenvalue weighted by molar-refractivity contribution is 0.0874. The topological polar surface area (TPSA) is 101 Å². The molecule has 9 heteroatoms. The lowest BCUT2D eigenvalue weighted by atomic mass is 10.1. The van der Waals surface area contributed by atoms with Crippen molar-refractivity contribution in [1.82, 2.24) is 19.9 Å². The maximum atomic E-state index is 12.8. The van der Waals surface area contributed by atoms with Crippen LogP contribution in [0.2, 0.25) is 5.02 Å². The van der Waals surface area contributed by atoms with Crippen molar-refractivity contribution in [3.05, 3.63) is 70.6 Å². The van der Waals surface area contributed by atoms with Gasteiger partial charge in [-0.3, -0.25) is 4.79 Å². The van der Waals surface area contributed by atoms with E-state index in [1.807, 2.05) is 13.0 Å². The SMILES string of the molecule is Cc1cnc(NC2CCCOC2)nc1-n1ccc(C(=O)NC(CO)c2cccc(Cl)c2)c1. The summed E-state index contributed by atoms with van der Waals surface area (Å²) in [6, 6.07) is 8.41. The molecule has 0 saturated carbocycles. The second-order valence-corrected chi connectivity index (χ2v) is 8.27. The van der Waals surface area contributed by atoms with Gasteiger partial charge in [-0.2, -0.15) is 4.98 Å². The maximum Gasteiger partial charge on any atom is 0.253 e. The van der Waals surface area contributed by atoms with Gasteiger partial charge in [0.1, 0.15) is 5.82 Å². The summed E-state index contributed by atoms with van der Waals surface area (Å²) >= 11 is 6.04. The molecule has 1 saturated heterocycles. The molecule has 0 spiro atoms. The highest BCUT2D eigenvalue weighted by atomic mass is 35.5. The molecule has 2 aromatic heterocycles. The van der Waals surface area contributed by atoms with Crippen molar-refractivity contribution in [2.45, 2.75) is 31.8 Å². The average molecular weight is 456 g/mol. The van der Waals surface area contributed by atoms with Gasteiger partial charge in [0.2, 0.25) is 5.95 Å². The summed E-state index contributed by atoms with van der Waals surface area (Å²) in [5, 5.41) is 16.5. The molecule has 3 aromatic rings. The van der Waals surface area contributed by atoms with E-state index in [4.69, 9.17) is 16.3 Å². The Morgan fingerprint density at radius 2 is 2.28 bits per heavy atom. The smallest absolute Gasteiger partial charge is 0.253 e. The Hall–Kier alpha value is -2.94. The van der Waals surface area contributed by atoms with Gasteiger partial charge >= 0.3 is 0 Å². The third-order valence-electron chi connectivity index (χ3n) is 5.38. The number of benzene rings is 1. The second kappa shape index (κ2) is 10.1. The van der Waals surface area contributed by atoms with Crippen LogP contribution in [-0.4, -0.2) is 51.4 Å². The summed E-state index contributed by atoms with van der Waals surface area (Å²) in [5.74, 6) is 0.918. The molecule has 1 amide bonds. The lowest BCUT2D eigenvalue weighted by Gasteiger charge is -2.23. The van der Waals surface area contributed by atoms with Gasteiger partial charge in [-0.05, 0) is 43.5 Å². The third-order valence-corrected chi connectivity index (χ3v) is 5.61. The number of aromatic nitrogens is 3. The van der Waals surface area contributed by atoms with Crippen LogP contribution in [0.5, 0.6) is 0 Å². The molecule has 1 aromatic carbocycles. The quantitative estimate of drug-likeness (QED) is 0.505. The first-order valence-electron chi connectivity index (χ1n) is 10.6. The van der Waals surface area contributed by atoms with E-state index >= 15 is 0 Å². The monoisotopic (exact) mass is 455 g/mol. The van der Waals surface area contributed by atoms with Crippen molar-refractivity contribution in [2.75, 3.05) is 25.1 Å². The molecule has 2 atom stereocenters. The highest BCUT2D eigenvalue weighted by Crippen LogP contribution is 2.20. The van der Waals surface area contributed by atoms with Crippen molar-refractivity contribution >= 4 is 23.5 Å². The molecule has 3 N–H and O–H groups in total. The van der Waals surface area contributed by atoms with Crippen molar-refractivity contribution in [3.8, 4) is 5.82 Å². The van der Waals surface area contributed by atoms with Gasteiger partial charge in [0.15, 0.2) is 0 Å². The van der Waals surface area contributed by atoms with E-state index < -0.39 is 6.04 Å². The third kappa shape index (κ3) is 5.27. The van der Waals surface area contributed by atoms with E-state index in [1.54, 1.807) is 47.4 Å². The first-order chi connectivity index (χ1) is 15.5. The van der Waals surface area contributed by atoms with Crippen LogP contribution in [0.3, 0.4) is 0 Å². The number of aliphatic hydroxyl groups excluding tert-OH is 1. The van der Waals surface area contributed by atoms with Crippen molar-refractivity contribution < 1.29 is 14.6 Å². The minimum atomic E-state index is -0.557. The molecule has 2 unspecified atom stereocenters. The van der Waals surface area contributed by atoms with E-state index in [9.17, 15) is 9.90 Å². The Balaban J connectivity index is 1.49. The predicted molar refractivity (Wildman–Crippen MR) is 122 cm³/mol. The van der Waals surface area contributed by atoms with Gasteiger partial charge in [0, 0.05) is 35.8 Å². The summed E-state index contributed by atoms with van der Waals surface area (Å²) in [5.41, 5.74) is 2.07. The minimum Gasteiger partial charge on any atom is -0.394 e. The Bertz CT molecular complexity index is 1080. The number of aryl methyl sites for hydroxylation is 1. The number of aliphatic hydroxyl groups is 1. The van der Waals surface area contributed by atoms with Crippen LogP contribution < -0.4 is 10.6 Å². The normalized spacial score (nSPS) is 17.0. The first kappa shape index (κ1) is 22.3. The van der Waals surface area contributed by atoms with Crippen molar-refractivity contribution in [3.63, 3.8) is 0 Å². The molecule has 4 rings (SSSR count). The van der Waals surface area contributed by atoms with E-state index in [-0.39, 0.29) is 18.6 Å². The van der Waals surface area contributed by atoms with Gasteiger partial charge < -0.3 is 25.0 Å². The minimum absolute atomic E-state index is 0.187. The number of ether oxygens (including phenoxy) is 1. The van der Waals surface area contributed by atoms with E-state index in [1.165, 1.54) is 0 Å². The second-order valence-electron chi connectivity index (χ2n) is 7.83. The molecule has 0 aliphatic carbocycles. The van der Waals surface area contributed by atoms with Crippen LogP contribution in [0.25, 0.3) is 5.82 Å². The van der Waals surface area contributed by atoms with E-state index in [0.29, 0.717) is 29.0 Å². The van der Waals surface area contributed by atoms with Gasteiger partial charge in [0.05, 0.1) is 30.9 Å². The van der Waals surface area contributed by atoms with Crippen molar-refractivity contribution in [1.29, 1.82) is 0 Å². The highest BCUT2D eigenvalue weighted by Gasteiger charge is 2.18. The average Bonchev–Trinajstić information content (AvgIpc) is 3.29. The van der Waals surface area contributed by atoms with Crippen LogP contribution in [-0.2, 0) is 4.74 Å². The van der Waals surface area contributed by atoms with Gasteiger partial charge in [-0.1, -0.05) is 23.7 Å². The van der Waals surface area contributed by atoms with Gasteiger partial charge in [-0.15, -0.1) is 0 Å². The maximum absolute atomic E-state index is 12.8. The molecule has 1 aliphatic rings. The predicted octanol–water partition coefficient (Wildman–Crippen LogP) is 3.28. The number of nitrogens with zero attached hydrogens (tertiary/aromatic N) is 3. The van der Waals surface area contributed by atoms with Crippen LogP contribution >= 0.6 is 11.6 Å². The summed E-state index contributed by atoms with van der Waals surface area (Å²) in [6.45, 7) is 3.11. The highest BCUT2D eigenvalue weighted by molar-refractivity contribution is 6.30. The molecule has 0 bridgehead atoms. The van der Waals surface area contributed by atoms with Crippen LogP contribution in [0.15, 0.2) is 48.9 Å². The number of nitrogens with one attached hydrogen (secondary N) is 2. The fourth-order valence-corrected chi connectivity index (χ4v) is 3.86. The number of carbonyl (C=O) groups is 1. The number of anilines is 1. The van der Waals surface area contributed by atoms with Crippen LogP contribution in [0.1, 0.15) is 40.4 Å². The number of hydrogen-bond donors (Lipinski definition) is 3. The Labute approximate surface area is 191 Å². The van der Waals surface area contributed by atoms with Gasteiger partial charge in [-0.25, -0.2) is 4.98 Å². The molecule has 0 radical (unpaired) electrons. The van der Waals surface area contributed by atoms with Crippen LogP contribution in [0.4, 0.5) is 5.95 Å². The Kier molecular flexibility index (Phi) is 7.04. The fourth-order valence-electron chi connectivity index (χ4n) is 3.66. The summed E-state index contributed by atoms with van der Waals surface area (Å²) in [7, 11) is 0. The zero-order chi connectivity index (χ0) is 22.5. The number of carbonyl (C=O) groups excluding carboxylic acids is 1. The lowest BCUT2D eigenvalue weighted by Crippen LogP contribution is -2.31. The Morgan fingerprint density at radius 3 is 3.03 bits per heavy atom. The zero-order valence-corrected chi connectivity index (χ0v) is 18.5. The molecule has 1 fully saturated rings. The number of halogens is 1. The molecule has 3 heterocycles. The fraction of sp³-hybridized carbons (Fsp3) is 0.348. The number of rotatable bonds is 7. The zero-order valence-electron chi connectivity index (χ0n) is 17.8. The standard InChI is InChI=1S/C23H26ClN5O3/c1-15-11-25-23(26-19-6-3-9-32-14-19)28-21(15)29-8-7-17(12-29)22(31)27-20(13-30)16-4-2-5-18(24)10-16/h2,4-5,7-8,10-12,19-20,30H,3,6,9,13-14H2,1H3,(H,27,31)(H,25,26,28). The van der Waals surface area contributed by atoms with Gasteiger partial charge in [0.25, 0.3) is 5.91 Å². The number of amides is 1. The van der Waals surface area contributed by atoms with Crippen LogP contribution in [0, 0.1) is 6.92 Å². The molecule has 168 valence electrons. The molecular formula is C23H26ClN5O3. The summed E-state index contributed by atoms with van der Waals surface area (Å²) in [6.07, 6.45) is 7.28. The van der Waals surface area contributed by atoms with E-state index in [0.717, 1.165) is 30.6 Å². The molecule has 32 heavy (non-hydrogen) atoms. The Morgan fingerprint density at radius 1 is 1.41 bits per heavy atom. The largest absolute Gasteiger partial charge is 0.394 e. The molecule has 8 nitrogen and oxygen atoms in total.